The summed E-state index contributed by atoms with van der Waals surface area (Å²) in [7, 11) is -2.34. The third-order valence-corrected chi connectivity index (χ3v) is 6.39. The molecule has 0 fully saturated rings. The van der Waals surface area contributed by atoms with Crippen molar-refractivity contribution in [1.29, 1.82) is 0 Å². The van der Waals surface area contributed by atoms with Gasteiger partial charge in [0.05, 0.1) is 12.0 Å². The van der Waals surface area contributed by atoms with Gasteiger partial charge < -0.3 is 10.1 Å². The summed E-state index contributed by atoms with van der Waals surface area (Å²) in [5.41, 5.74) is 1.38. The highest BCUT2D eigenvalue weighted by Crippen LogP contribution is 2.18. The van der Waals surface area contributed by atoms with E-state index in [4.69, 9.17) is 4.74 Å². The van der Waals surface area contributed by atoms with Crippen LogP contribution < -0.4 is 14.8 Å². The average molecular weight is 489 g/mol. The van der Waals surface area contributed by atoms with E-state index in [-0.39, 0.29) is 11.3 Å². The van der Waals surface area contributed by atoms with Crippen molar-refractivity contribution in [1.82, 2.24) is 4.72 Å². The predicted octanol–water partition coefficient (Wildman–Crippen LogP) is 3.99. The van der Waals surface area contributed by atoms with Gasteiger partial charge in [-0.15, -0.1) is 0 Å². The van der Waals surface area contributed by atoms with E-state index >= 15 is 0 Å². The van der Waals surface area contributed by atoms with Crippen LogP contribution in [0.3, 0.4) is 0 Å². The maximum atomic E-state index is 13.0. The van der Waals surface area contributed by atoms with Crippen LogP contribution in [0.4, 0.5) is 5.69 Å². The van der Waals surface area contributed by atoms with E-state index in [2.05, 4.69) is 26.0 Å². The Labute approximate surface area is 184 Å². The number of carbonyl (C=O) groups is 1. The zero-order valence-corrected chi connectivity index (χ0v) is 18.6. The van der Waals surface area contributed by atoms with Gasteiger partial charge in [-0.25, -0.2) is 8.42 Å². The van der Waals surface area contributed by atoms with Gasteiger partial charge in [-0.1, -0.05) is 46.3 Å². The summed E-state index contributed by atoms with van der Waals surface area (Å²) in [4.78, 5) is 13.0. The maximum Gasteiger partial charge on any atom is 0.242 e. The minimum Gasteiger partial charge on any atom is -0.497 e. The lowest BCUT2D eigenvalue weighted by atomic mass is 10.1. The summed E-state index contributed by atoms with van der Waals surface area (Å²) >= 11 is 3.29. The zero-order valence-electron chi connectivity index (χ0n) is 16.2. The van der Waals surface area contributed by atoms with Crippen LogP contribution in [-0.2, 0) is 21.2 Å². The van der Waals surface area contributed by atoms with Crippen LogP contribution in [0, 0.1) is 0 Å². The van der Waals surface area contributed by atoms with Crippen molar-refractivity contribution in [3.8, 4) is 5.75 Å². The smallest absolute Gasteiger partial charge is 0.242 e. The molecule has 8 heteroatoms. The standard InChI is InChI=1S/C22H21BrN2O4S/c1-29-19-11-9-18(10-12-19)24-22(26)21(15-16-5-3-2-4-6-16)25-30(27,28)20-13-7-17(23)8-14-20/h2-14,21,25H,15H2,1H3,(H,24,26)/t21-/m0/s1. The number of methoxy groups -OCH3 is 1. The van der Waals surface area contributed by atoms with E-state index < -0.39 is 22.0 Å². The number of sulfonamides is 1. The third kappa shape index (κ3) is 5.91. The fraction of sp³-hybridized carbons (Fsp3) is 0.136. The third-order valence-electron chi connectivity index (χ3n) is 4.38. The highest BCUT2D eigenvalue weighted by Gasteiger charge is 2.26. The number of rotatable bonds is 8. The Morgan fingerprint density at radius 1 is 0.967 bits per heavy atom. The van der Waals surface area contributed by atoms with Crippen LogP contribution in [-0.4, -0.2) is 27.5 Å². The van der Waals surface area contributed by atoms with E-state index in [1.165, 1.54) is 12.1 Å². The van der Waals surface area contributed by atoms with Crippen molar-refractivity contribution < 1.29 is 17.9 Å². The lowest BCUT2D eigenvalue weighted by molar-refractivity contribution is -0.117. The van der Waals surface area contributed by atoms with Crippen LogP contribution in [0.5, 0.6) is 5.75 Å². The van der Waals surface area contributed by atoms with Gasteiger partial charge >= 0.3 is 0 Å². The first-order valence-corrected chi connectivity index (χ1v) is 11.4. The number of nitrogens with one attached hydrogen (secondary N) is 2. The average Bonchev–Trinajstić information content (AvgIpc) is 2.74. The molecule has 0 radical (unpaired) electrons. The second kappa shape index (κ2) is 9.88. The Kier molecular flexibility index (Phi) is 7.25. The number of halogens is 1. The molecule has 3 aromatic rings. The fourth-order valence-corrected chi connectivity index (χ4v) is 4.27. The number of amides is 1. The van der Waals surface area contributed by atoms with Crippen LogP contribution in [0.2, 0.25) is 0 Å². The molecule has 0 aromatic heterocycles. The van der Waals surface area contributed by atoms with E-state index in [0.29, 0.717) is 11.4 Å². The molecule has 0 saturated heterocycles. The lowest BCUT2D eigenvalue weighted by Gasteiger charge is -2.19. The Morgan fingerprint density at radius 2 is 1.60 bits per heavy atom. The van der Waals surface area contributed by atoms with Gasteiger partial charge in [0.25, 0.3) is 0 Å². The summed E-state index contributed by atoms with van der Waals surface area (Å²) in [5, 5.41) is 2.77. The predicted molar refractivity (Wildman–Crippen MR) is 120 cm³/mol. The molecule has 0 heterocycles. The molecule has 0 aliphatic rings. The van der Waals surface area contributed by atoms with Gasteiger partial charge in [-0.05, 0) is 60.5 Å². The largest absolute Gasteiger partial charge is 0.497 e. The summed E-state index contributed by atoms with van der Waals surface area (Å²) in [6.07, 6.45) is 0.207. The van der Waals surface area contributed by atoms with Gasteiger partial charge in [-0.2, -0.15) is 4.72 Å². The van der Waals surface area contributed by atoms with Crippen LogP contribution in [0.25, 0.3) is 0 Å². The molecule has 2 N–H and O–H groups in total. The quantitative estimate of drug-likeness (QED) is 0.502. The molecule has 30 heavy (non-hydrogen) atoms. The summed E-state index contributed by atoms with van der Waals surface area (Å²) < 4.78 is 34.1. The SMILES string of the molecule is COc1ccc(NC(=O)[C@H](Cc2ccccc2)NS(=O)(=O)c2ccc(Br)cc2)cc1. The Balaban J connectivity index is 1.83. The zero-order chi connectivity index (χ0) is 21.6. The van der Waals surface area contributed by atoms with Gasteiger partial charge in [0.1, 0.15) is 11.8 Å². The monoisotopic (exact) mass is 488 g/mol. The molecule has 1 atom stereocenters. The molecular weight excluding hydrogens is 468 g/mol. The van der Waals surface area contributed by atoms with Crippen molar-refractivity contribution in [2.24, 2.45) is 0 Å². The highest BCUT2D eigenvalue weighted by molar-refractivity contribution is 9.10. The minimum atomic E-state index is -3.90. The first-order valence-electron chi connectivity index (χ1n) is 9.14. The van der Waals surface area contributed by atoms with Crippen molar-refractivity contribution in [2.75, 3.05) is 12.4 Å². The molecule has 1 amide bonds. The summed E-state index contributed by atoms with van der Waals surface area (Å²) in [5.74, 6) is 0.203. The second-order valence-electron chi connectivity index (χ2n) is 6.54. The molecule has 0 spiro atoms. The minimum absolute atomic E-state index is 0.0843. The fourth-order valence-electron chi connectivity index (χ4n) is 2.81. The number of carbonyl (C=O) groups excluding carboxylic acids is 1. The van der Waals surface area contributed by atoms with E-state index in [0.717, 1.165) is 10.0 Å². The molecular formula is C22H21BrN2O4S. The first-order chi connectivity index (χ1) is 14.4. The molecule has 0 saturated carbocycles. The van der Waals surface area contributed by atoms with Crippen LogP contribution >= 0.6 is 15.9 Å². The Morgan fingerprint density at radius 3 is 2.20 bits per heavy atom. The van der Waals surface area contributed by atoms with Crippen LogP contribution in [0.1, 0.15) is 5.56 Å². The number of hydrogen-bond donors (Lipinski definition) is 2. The first kappa shape index (κ1) is 22.0. The van der Waals surface area contributed by atoms with E-state index in [9.17, 15) is 13.2 Å². The van der Waals surface area contributed by atoms with Gasteiger partial charge in [-0.3, -0.25) is 4.79 Å². The topological polar surface area (TPSA) is 84.5 Å². The lowest BCUT2D eigenvalue weighted by Crippen LogP contribution is -2.45. The van der Waals surface area contributed by atoms with E-state index in [1.54, 1.807) is 43.5 Å². The number of benzene rings is 3. The molecule has 3 aromatic carbocycles. The Bertz CT molecular complexity index is 1090. The van der Waals surface area contributed by atoms with Crippen molar-refractivity contribution in [3.63, 3.8) is 0 Å². The number of ether oxygens (including phenoxy) is 1. The normalized spacial score (nSPS) is 12.2. The molecule has 0 aliphatic heterocycles. The van der Waals surface area contributed by atoms with Gasteiger partial charge in [0.15, 0.2) is 0 Å². The van der Waals surface area contributed by atoms with E-state index in [1.807, 2.05) is 30.3 Å². The molecule has 0 aliphatic carbocycles. The molecule has 3 rings (SSSR count). The van der Waals surface area contributed by atoms with Crippen molar-refractivity contribution in [2.45, 2.75) is 17.4 Å². The maximum absolute atomic E-state index is 13.0. The highest BCUT2D eigenvalue weighted by atomic mass is 79.9. The molecule has 156 valence electrons. The Hall–Kier alpha value is -2.68. The number of anilines is 1. The number of hydrogen-bond acceptors (Lipinski definition) is 4. The van der Waals surface area contributed by atoms with Crippen molar-refractivity contribution in [3.05, 3.63) is 88.9 Å². The van der Waals surface area contributed by atoms with Gasteiger partial charge in [0.2, 0.25) is 15.9 Å². The van der Waals surface area contributed by atoms with Gasteiger partial charge in [0, 0.05) is 10.2 Å². The summed E-state index contributed by atoms with van der Waals surface area (Å²) in [6.45, 7) is 0. The molecule has 0 unspecified atom stereocenters. The van der Waals surface area contributed by atoms with Crippen LogP contribution in [0.15, 0.2) is 88.2 Å². The molecule has 6 nitrogen and oxygen atoms in total. The summed E-state index contributed by atoms with van der Waals surface area (Å²) in [6, 6.07) is 21.3. The van der Waals surface area contributed by atoms with Crippen molar-refractivity contribution >= 4 is 37.5 Å². The second-order valence-corrected chi connectivity index (χ2v) is 9.16. The molecule has 0 bridgehead atoms.